The molecule has 1 aliphatic heterocycles. The van der Waals surface area contributed by atoms with Crippen molar-refractivity contribution in [3.63, 3.8) is 0 Å². The summed E-state index contributed by atoms with van der Waals surface area (Å²) in [5.41, 5.74) is 2.42. The van der Waals surface area contributed by atoms with E-state index in [1.165, 1.54) is 0 Å². The van der Waals surface area contributed by atoms with Gasteiger partial charge in [0.25, 0.3) is 5.91 Å². The Kier molecular flexibility index (Phi) is 1.68. The molecule has 1 aromatic carbocycles. The van der Waals surface area contributed by atoms with E-state index < -0.39 is 18.0 Å². The Morgan fingerprint density at radius 3 is 3.00 bits per heavy atom. The molecule has 1 aromatic rings. The maximum atomic E-state index is 11.9. The minimum atomic E-state index is -1.19. The second-order valence-corrected chi connectivity index (χ2v) is 3.91. The lowest BCUT2D eigenvalue weighted by atomic mass is 9.92. The number of hydrogen-bond donors (Lipinski definition) is 1. The largest absolute Gasteiger partial charge is 0.465 e. The van der Waals surface area contributed by atoms with Gasteiger partial charge in [0.2, 0.25) is 0 Å². The highest BCUT2D eigenvalue weighted by Gasteiger charge is 2.41. The van der Waals surface area contributed by atoms with Crippen molar-refractivity contribution < 1.29 is 14.7 Å². The van der Waals surface area contributed by atoms with Gasteiger partial charge in [-0.1, -0.05) is 24.3 Å². The fourth-order valence-corrected chi connectivity index (χ4v) is 2.42. The van der Waals surface area contributed by atoms with E-state index in [2.05, 4.69) is 0 Å². The normalized spacial score (nSPS) is 21.1. The second-order valence-electron chi connectivity index (χ2n) is 3.91. The van der Waals surface area contributed by atoms with Crippen molar-refractivity contribution in [2.75, 3.05) is 0 Å². The van der Waals surface area contributed by atoms with E-state index in [4.69, 9.17) is 5.11 Å². The van der Waals surface area contributed by atoms with Crippen molar-refractivity contribution in [1.29, 1.82) is 0 Å². The summed E-state index contributed by atoms with van der Waals surface area (Å²) in [5.74, 6) is -0.416. The number of nitrogens with zero attached hydrogens (tertiary/aromatic N) is 1. The second kappa shape index (κ2) is 2.95. The molecule has 0 saturated carbocycles. The van der Waals surface area contributed by atoms with E-state index in [0.717, 1.165) is 22.4 Å². The first kappa shape index (κ1) is 9.15. The predicted molar refractivity (Wildman–Crippen MR) is 56.2 cm³/mol. The maximum absolute atomic E-state index is 11.9. The smallest absolute Gasteiger partial charge is 0.415 e. The molecule has 3 rings (SSSR count). The van der Waals surface area contributed by atoms with Gasteiger partial charge in [-0.3, -0.25) is 4.79 Å². The van der Waals surface area contributed by atoms with E-state index in [9.17, 15) is 9.59 Å². The lowest BCUT2D eigenvalue weighted by Gasteiger charge is -2.21. The number of amides is 2. The van der Waals surface area contributed by atoms with Gasteiger partial charge in [-0.25, -0.2) is 9.69 Å². The SMILES string of the molecule is O=C(O)N1C(=O)c2cccc3c2C1C=CC3. The third-order valence-corrected chi connectivity index (χ3v) is 3.08. The molecular weight excluding hydrogens is 206 g/mol. The Morgan fingerprint density at radius 2 is 2.25 bits per heavy atom. The lowest BCUT2D eigenvalue weighted by Crippen LogP contribution is -2.32. The molecular formula is C12H9NO3. The van der Waals surface area contributed by atoms with Crippen molar-refractivity contribution in [3.05, 3.63) is 47.0 Å². The maximum Gasteiger partial charge on any atom is 0.415 e. The van der Waals surface area contributed by atoms with Crippen LogP contribution in [0, 0.1) is 0 Å². The Morgan fingerprint density at radius 1 is 1.44 bits per heavy atom. The minimum Gasteiger partial charge on any atom is -0.465 e. The molecule has 4 nitrogen and oxygen atoms in total. The average molecular weight is 215 g/mol. The Labute approximate surface area is 91.8 Å². The zero-order chi connectivity index (χ0) is 11.3. The molecule has 2 amide bonds. The Bertz CT molecular complexity index is 533. The highest BCUT2D eigenvalue weighted by molar-refractivity contribution is 6.07. The van der Waals surface area contributed by atoms with Gasteiger partial charge in [-0.15, -0.1) is 0 Å². The predicted octanol–water partition coefficient (Wildman–Crippen LogP) is 1.97. The van der Waals surface area contributed by atoms with Crippen LogP contribution in [0.3, 0.4) is 0 Å². The summed E-state index contributed by atoms with van der Waals surface area (Å²) in [5, 5.41) is 9.04. The highest BCUT2D eigenvalue weighted by atomic mass is 16.4. The van der Waals surface area contributed by atoms with Gasteiger partial charge < -0.3 is 5.11 Å². The number of benzene rings is 1. The van der Waals surface area contributed by atoms with Crippen molar-refractivity contribution in [2.24, 2.45) is 0 Å². The lowest BCUT2D eigenvalue weighted by molar-refractivity contribution is 0.0738. The molecule has 1 N–H and O–H groups in total. The summed E-state index contributed by atoms with van der Waals surface area (Å²) in [4.78, 5) is 23.8. The summed E-state index contributed by atoms with van der Waals surface area (Å²) in [6.45, 7) is 0. The zero-order valence-corrected chi connectivity index (χ0v) is 8.38. The first-order valence-corrected chi connectivity index (χ1v) is 5.05. The van der Waals surface area contributed by atoms with Gasteiger partial charge in [-0.05, 0) is 23.6 Å². The van der Waals surface area contributed by atoms with Crippen molar-refractivity contribution in [3.8, 4) is 0 Å². The number of hydrogen-bond acceptors (Lipinski definition) is 2. The van der Waals surface area contributed by atoms with Crippen LogP contribution in [0.4, 0.5) is 4.79 Å². The number of rotatable bonds is 0. The Hall–Kier alpha value is -2.10. The van der Waals surface area contributed by atoms with Crippen LogP contribution < -0.4 is 0 Å². The van der Waals surface area contributed by atoms with Crippen LogP contribution in [-0.2, 0) is 6.42 Å². The summed E-state index contributed by atoms with van der Waals surface area (Å²) >= 11 is 0. The van der Waals surface area contributed by atoms with Gasteiger partial charge in [0, 0.05) is 5.56 Å². The van der Waals surface area contributed by atoms with E-state index in [1.807, 2.05) is 12.1 Å². The highest BCUT2D eigenvalue weighted by Crippen LogP contribution is 2.39. The van der Waals surface area contributed by atoms with Gasteiger partial charge in [-0.2, -0.15) is 0 Å². The van der Waals surface area contributed by atoms with Crippen molar-refractivity contribution >= 4 is 12.0 Å². The Balaban J connectivity index is 2.25. The molecule has 1 atom stereocenters. The van der Waals surface area contributed by atoms with Gasteiger partial charge in [0.15, 0.2) is 0 Å². The van der Waals surface area contributed by atoms with E-state index in [1.54, 1.807) is 18.2 Å². The number of imide groups is 1. The molecule has 4 heteroatoms. The van der Waals surface area contributed by atoms with Gasteiger partial charge >= 0.3 is 6.09 Å². The molecule has 1 heterocycles. The van der Waals surface area contributed by atoms with Crippen LogP contribution in [0.15, 0.2) is 30.4 Å². The molecule has 0 radical (unpaired) electrons. The summed E-state index contributed by atoms with van der Waals surface area (Å²) in [6, 6.07) is 5.00. The topological polar surface area (TPSA) is 57.6 Å². The third-order valence-electron chi connectivity index (χ3n) is 3.08. The number of carbonyl (C=O) groups excluding carboxylic acids is 1. The monoisotopic (exact) mass is 215 g/mol. The number of carboxylic acid groups (broad SMARTS) is 1. The molecule has 1 aliphatic carbocycles. The van der Waals surface area contributed by atoms with Crippen LogP contribution in [0.1, 0.15) is 27.5 Å². The first-order valence-electron chi connectivity index (χ1n) is 5.05. The van der Waals surface area contributed by atoms with E-state index in [0.29, 0.717) is 5.56 Å². The fourth-order valence-electron chi connectivity index (χ4n) is 2.42. The first-order chi connectivity index (χ1) is 7.70. The van der Waals surface area contributed by atoms with Crippen LogP contribution >= 0.6 is 0 Å². The third kappa shape index (κ3) is 0.984. The average Bonchev–Trinajstić information content (AvgIpc) is 2.55. The van der Waals surface area contributed by atoms with Crippen molar-refractivity contribution in [2.45, 2.75) is 12.5 Å². The van der Waals surface area contributed by atoms with Crippen LogP contribution in [0.25, 0.3) is 0 Å². The zero-order valence-electron chi connectivity index (χ0n) is 8.38. The molecule has 0 bridgehead atoms. The minimum absolute atomic E-state index is 0.416. The van der Waals surface area contributed by atoms with Gasteiger partial charge in [0.05, 0.1) is 6.04 Å². The van der Waals surface area contributed by atoms with Gasteiger partial charge in [0.1, 0.15) is 0 Å². The summed E-state index contributed by atoms with van der Waals surface area (Å²) < 4.78 is 0. The molecule has 2 aliphatic rings. The fraction of sp³-hybridized carbons (Fsp3) is 0.167. The molecule has 1 unspecified atom stereocenters. The van der Waals surface area contributed by atoms with Crippen LogP contribution in [0.2, 0.25) is 0 Å². The van der Waals surface area contributed by atoms with Crippen molar-refractivity contribution in [1.82, 2.24) is 4.90 Å². The quantitative estimate of drug-likeness (QED) is 0.673. The van der Waals surface area contributed by atoms with Crippen LogP contribution in [0.5, 0.6) is 0 Å². The molecule has 16 heavy (non-hydrogen) atoms. The standard InChI is InChI=1S/C12H9NO3/c14-11-8-5-1-3-7-4-2-6-9(10(7)8)13(11)12(15)16/h1-3,5-6,9H,4H2,(H,15,16). The number of carbonyl (C=O) groups is 2. The number of allylic oxidation sites excluding steroid dienone is 1. The summed E-state index contributed by atoms with van der Waals surface area (Å²) in [7, 11) is 0. The molecule has 0 saturated heterocycles. The molecule has 0 fully saturated rings. The van der Waals surface area contributed by atoms with E-state index in [-0.39, 0.29) is 0 Å². The van der Waals surface area contributed by atoms with E-state index >= 15 is 0 Å². The van der Waals surface area contributed by atoms with Crippen LogP contribution in [-0.4, -0.2) is 22.0 Å². The summed E-state index contributed by atoms with van der Waals surface area (Å²) in [6.07, 6.45) is 3.26. The molecule has 80 valence electrons. The molecule has 0 spiro atoms. The molecule has 0 aromatic heterocycles.